The number of nitrogens with one attached hydrogen (secondary N) is 1. The Morgan fingerprint density at radius 3 is 2.47 bits per heavy atom. The zero-order valence-electron chi connectivity index (χ0n) is 12.0. The predicted octanol–water partition coefficient (Wildman–Crippen LogP) is 1.65. The second-order valence-electron chi connectivity index (χ2n) is 4.61. The summed E-state index contributed by atoms with van der Waals surface area (Å²) >= 11 is 1.66. The second kappa shape index (κ2) is 9.39. The van der Waals surface area contributed by atoms with E-state index in [1.807, 2.05) is 11.6 Å². The third-order valence-electron chi connectivity index (χ3n) is 2.58. The molecule has 1 rings (SSSR count). The molecule has 1 N–H and O–H groups in total. The van der Waals surface area contributed by atoms with Crippen LogP contribution in [0, 0.1) is 0 Å². The van der Waals surface area contributed by atoms with Gasteiger partial charge in [-0.25, -0.2) is 4.98 Å². The van der Waals surface area contributed by atoms with Crippen LogP contribution in [0.15, 0.2) is 11.6 Å². The molecule has 0 aromatic carbocycles. The molecular weight excluding hydrogens is 264 g/mol. The number of rotatable bonds is 11. The Morgan fingerprint density at radius 1 is 1.16 bits per heavy atom. The molecule has 1 aromatic heterocycles. The van der Waals surface area contributed by atoms with Crippen LogP contribution >= 0.6 is 11.3 Å². The zero-order valence-corrected chi connectivity index (χ0v) is 12.8. The van der Waals surface area contributed by atoms with Gasteiger partial charge in [-0.2, -0.15) is 0 Å². The fourth-order valence-electron chi connectivity index (χ4n) is 1.51. The quantitative estimate of drug-likeness (QED) is 0.627. The van der Waals surface area contributed by atoms with Crippen LogP contribution in [0.25, 0.3) is 0 Å². The van der Waals surface area contributed by atoms with Crippen LogP contribution in [0.3, 0.4) is 0 Å². The van der Waals surface area contributed by atoms with E-state index in [-0.39, 0.29) is 5.54 Å². The fraction of sp³-hybridized carbons (Fsp3) is 0.769. The lowest BCUT2D eigenvalue weighted by Gasteiger charge is -2.23. The molecule has 0 fully saturated rings. The minimum atomic E-state index is -0.105. The number of aromatic nitrogens is 1. The standard InChI is InChI=1S/C13H24N2O3S/c1-13(2,12-14-5-11-19-12)15-4-6-17-9-10-18-8-7-16-3/h5,11,15H,4,6-10H2,1-3H3. The zero-order chi connectivity index (χ0) is 14.0. The first kappa shape index (κ1) is 16.5. The summed E-state index contributed by atoms with van der Waals surface area (Å²) in [6, 6.07) is 0. The highest BCUT2D eigenvalue weighted by molar-refractivity contribution is 7.09. The molecule has 110 valence electrons. The van der Waals surface area contributed by atoms with Gasteiger partial charge in [0.05, 0.1) is 38.6 Å². The fourth-order valence-corrected chi connectivity index (χ4v) is 2.25. The Hall–Kier alpha value is -0.530. The molecule has 0 bridgehead atoms. The van der Waals surface area contributed by atoms with Crippen molar-refractivity contribution in [3.8, 4) is 0 Å². The molecule has 0 unspecified atom stereocenters. The Kier molecular flexibility index (Phi) is 8.16. The second-order valence-corrected chi connectivity index (χ2v) is 5.50. The van der Waals surface area contributed by atoms with Crippen LogP contribution in [0.1, 0.15) is 18.9 Å². The summed E-state index contributed by atoms with van der Waals surface area (Å²) in [6.07, 6.45) is 1.83. The minimum Gasteiger partial charge on any atom is -0.382 e. The molecule has 1 aromatic rings. The largest absolute Gasteiger partial charge is 0.382 e. The van der Waals surface area contributed by atoms with Gasteiger partial charge in [-0.1, -0.05) is 0 Å². The van der Waals surface area contributed by atoms with Gasteiger partial charge in [0.2, 0.25) is 0 Å². The van der Waals surface area contributed by atoms with Crippen LogP contribution in [0.2, 0.25) is 0 Å². The highest BCUT2D eigenvalue weighted by atomic mass is 32.1. The smallest absolute Gasteiger partial charge is 0.112 e. The number of hydrogen-bond acceptors (Lipinski definition) is 6. The van der Waals surface area contributed by atoms with Gasteiger partial charge < -0.3 is 19.5 Å². The van der Waals surface area contributed by atoms with E-state index in [2.05, 4.69) is 24.1 Å². The third kappa shape index (κ3) is 6.98. The summed E-state index contributed by atoms with van der Waals surface area (Å²) in [5.41, 5.74) is -0.105. The Labute approximate surface area is 119 Å². The van der Waals surface area contributed by atoms with Crippen LogP contribution < -0.4 is 5.32 Å². The lowest BCUT2D eigenvalue weighted by Crippen LogP contribution is -2.38. The van der Waals surface area contributed by atoms with Gasteiger partial charge in [-0.15, -0.1) is 11.3 Å². The maximum Gasteiger partial charge on any atom is 0.112 e. The van der Waals surface area contributed by atoms with Gasteiger partial charge in [0, 0.05) is 25.2 Å². The summed E-state index contributed by atoms with van der Waals surface area (Å²) in [5.74, 6) is 0. The molecule has 0 amide bonds. The van der Waals surface area contributed by atoms with E-state index < -0.39 is 0 Å². The van der Waals surface area contributed by atoms with Gasteiger partial charge in [0.15, 0.2) is 0 Å². The Bertz CT molecular complexity index is 318. The summed E-state index contributed by atoms with van der Waals surface area (Å²) in [4.78, 5) is 4.33. The normalized spacial score (nSPS) is 11.9. The predicted molar refractivity (Wildman–Crippen MR) is 76.7 cm³/mol. The van der Waals surface area contributed by atoms with Crippen LogP contribution in [0.4, 0.5) is 0 Å². The van der Waals surface area contributed by atoms with Crippen LogP contribution in [-0.4, -0.2) is 51.7 Å². The first-order valence-electron chi connectivity index (χ1n) is 6.46. The van der Waals surface area contributed by atoms with Crippen molar-refractivity contribution in [1.29, 1.82) is 0 Å². The summed E-state index contributed by atoms with van der Waals surface area (Å²) in [5, 5.41) is 6.52. The molecular formula is C13H24N2O3S. The van der Waals surface area contributed by atoms with Gasteiger partial charge >= 0.3 is 0 Å². The van der Waals surface area contributed by atoms with Crippen molar-refractivity contribution in [2.45, 2.75) is 19.4 Å². The molecule has 0 aliphatic rings. The molecule has 1 heterocycles. The molecule has 0 saturated heterocycles. The van der Waals surface area contributed by atoms with Gasteiger partial charge in [0.1, 0.15) is 5.01 Å². The van der Waals surface area contributed by atoms with Gasteiger partial charge in [-0.05, 0) is 13.8 Å². The first-order chi connectivity index (χ1) is 9.17. The summed E-state index contributed by atoms with van der Waals surface area (Å²) in [7, 11) is 1.66. The van der Waals surface area contributed by atoms with Crippen molar-refractivity contribution in [2.24, 2.45) is 0 Å². The van der Waals surface area contributed by atoms with E-state index in [1.54, 1.807) is 18.4 Å². The monoisotopic (exact) mass is 288 g/mol. The third-order valence-corrected chi connectivity index (χ3v) is 3.68. The number of ether oxygens (including phenoxy) is 3. The van der Waals surface area contributed by atoms with Crippen molar-refractivity contribution in [1.82, 2.24) is 10.3 Å². The average molecular weight is 288 g/mol. The van der Waals surface area contributed by atoms with E-state index >= 15 is 0 Å². The van der Waals surface area contributed by atoms with Crippen LogP contribution in [0.5, 0.6) is 0 Å². The van der Waals surface area contributed by atoms with Crippen molar-refractivity contribution in [3.05, 3.63) is 16.6 Å². The van der Waals surface area contributed by atoms with E-state index in [0.717, 1.165) is 11.6 Å². The topological polar surface area (TPSA) is 52.6 Å². The Balaban J connectivity index is 1.99. The van der Waals surface area contributed by atoms with Gasteiger partial charge in [-0.3, -0.25) is 0 Å². The average Bonchev–Trinajstić information content (AvgIpc) is 2.91. The molecule has 5 nitrogen and oxygen atoms in total. The maximum atomic E-state index is 5.48. The molecule has 19 heavy (non-hydrogen) atoms. The molecule has 0 saturated carbocycles. The number of methoxy groups -OCH3 is 1. The van der Waals surface area contributed by atoms with Crippen molar-refractivity contribution in [2.75, 3.05) is 46.7 Å². The molecule has 0 atom stereocenters. The highest BCUT2D eigenvalue weighted by Gasteiger charge is 2.21. The molecule has 6 heteroatoms. The minimum absolute atomic E-state index is 0.105. The van der Waals surface area contributed by atoms with E-state index in [4.69, 9.17) is 14.2 Å². The number of hydrogen-bond donors (Lipinski definition) is 1. The highest BCUT2D eigenvalue weighted by Crippen LogP contribution is 2.21. The molecule has 0 spiro atoms. The lowest BCUT2D eigenvalue weighted by atomic mass is 10.1. The van der Waals surface area contributed by atoms with E-state index in [9.17, 15) is 0 Å². The molecule has 0 aliphatic heterocycles. The maximum absolute atomic E-state index is 5.48. The van der Waals surface area contributed by atoms with Crippen molar-refractivity contribution >= 4 is 11.3 Å². The number of nitrogens with zero attached hydrogens (tertiary/aromatic N) is 1. The van der Waals surface area contributed by atoms with E-state index in [1.165, 1.54) is 0 Å². The molecule has 0 aliphatic carbocycles. The van der Waals surface area contributed by atoms with Crippen molar-refractivity contribution in [3.63, 3.8) is 0 Å². The van der Waals surface area contributed by atoms with Crippen molar-refractivity contribution < 1.29 is 14.2 Å². The van der Waals surface area contributed by atoms with Gasteiger partial charge in [0.25, 0.3) is 0 Å². The SMILES string of the molecule is COCCOCCOCCNC(C)(C)c1nccs1. The molecule has 0 radical (unpaired) electrons. The Morgan fingerprint density at radius 2 is 1.84 bits per heavy atom. The lowest BCUT2D eigenvalue weighted by molar-refractivity contribution is 0.0246. The number of thiazole rings is 1. The summed E-state index contributed by atoms with van der Waals surface area (Å²) < 4.78 is 15.7. The van der Waals surface area contributed by atoms with Crippen LogP contribution in [-0.2, 0) is 19.7 Å². The van der Waals surface area contributed by atoms with E-state index in [0.29, 0.717) is 33.0 Å². The first-order valence-corrected chi connectivity index (χ1v) is 7.34. The summed E-state index contributed by atoms with van der Waals surface area (Å²) in [6.45, 7) is 8.19.